The molecule has 6 aromatic rings. The molecule has 2 atom stereocenters. The highest BCUT2D eigenvalue weighted by Gasteiger charge is 2.19. The van der Waals surface area contributed by atoms with Gasteiger partial charge in [-0.05, 0) is 50.7 Å². The minimum absolute atomic E-state index is 0.0485. The summed E-state index contributed by atoms with van der Waals surface area (Å²) in [5, 5.41) is 42.1. The van der Waals surface area contributed by atoms with Gasteiger partial charge in [0.05, 0.1) is 99.3 Å². The third kappa shape index (κ3) is 14.1. The molecule has 0 radical (unpaired) electrons. The van der Waals surface area contributed by atoms with E-state index in [9.17, 15) is 9.59 Å². The molecule has 0 amide bonds. The number of benzene rings is 2. The largest absolute Gasteiger partial charge is 0.478 e. The molecule has 2 aliphatic rings. The summed E-state index contributed by atoms with van der Waals surface area (Å²) in [4.78, 5) is 41.0. The molecular weight excluding hydrogens is 898 g/mol. The highest BCUT2D eigenvalue weighted by atomic mass is 35.5. The van der Waals surface area contributed by atoms with Crippen LogP contribution in [0, 0.1) is 28.6 Å². The van der Waals surface area contributed by atoms with Crippen LogP contribution in [0.3, 0.4) is 0 Å². The van der Waals surface area contributed by atoms with Crippen molar-refractivity contribution in [3.63, 3.8) is 0 Å². The van der Waals surface area contributed by atoms with Gasteiger partial charge >= 0.3 is 5.97 Å². The van der Waals surface area contributed by atoms with Gasteiger partial charge in [-0.15, -0.1) is 0 Å². The number of rotatable bonds is 14. The Balaban J connectivity index is 0.000000199. The maximum Gasteiger partial charge on any atom is 0.335 e. The van der Waals surface area contributed by atoms with Gasteiger partial charge in [0.15, 0.2) is 5.78 Å². The van der Waals surface area contributed by atoms with Crippen LogP contribution in [0.1, 0.15) is 91.6 Å². The Hall–Kier alpha value is -6.80. The number of hydrogen-bond acceptors (Lipinski definition) is 15. The molecule has 0 spiro atoms. The molecule has 348 valence electrons. The second kappa shape index (κ2) is 24.6. The molecule has 2 aliphatic heterocycles. The van der Waals surface area contributed by atoms with Crippen LogP contribution in [0.2, 0.25) is 10.0 Å². The Kier molecular flexibility index (Phi) is 18.3. The van der Waals surface area contributed by atoms with Gasteiger partial charge < -0.3 is 30.9 Å². The summed E-state index contributed by atoms with van der Waals surface area (Å²) in [7, 11) is 0. The van der Waals surface area contributed by atoms with Gasteiger partial charge in [0.25, 0.3) is 0 Å². The van der Waals surface area contributed by atoms with E-state index in [0.29, 0.717) is 63.0 Å². The molecule has 0 saturated carbocycles. The van der Waals surface area contributed by atoms with Crippen molar-refractivity contribution < 1.29 is 24.2 Å². The lowest BCUT2D eigenvalue weighted by Crippen LogP contribution is -2.19. The van der Waals surface area contributed by atoms with Crippen LogP contribution in [0.4, 0.5) is 23.3 Å². The van der Waals surface area contributed by atoms with Crippen molar-refractivity contribution in [3.05, 3.63) is 107 Å². The Bertz CT molecular complexity index is 2650. The number of carboxylic acids is 1. The van der Waals surface area contributed by atoms with Gasteiger partial charge in [-0.25, -0.2) is 24.7 Å². The summed E-state index contributed by atoms with van der Waals surface area (Å²) in [5.41, 5.74) is 10.0. The summed E-state index contributed by atoms with van der Waals surface area (Å²) in [5.74, 6) is -0.510. The number of anilines is 4. The first-order chi connectivity index (χ1) is 32.5. The zero-order chi connectivity index (χ0) is 47.7. The summed E-state index contributed by atoms with van der Waals surface area (Å²) in [6.07, 6.45) is 15.8. The van der Waals surface area contributed by atoms with Crippen LogP contribution in [0.25, 0.3) is 22.5 Å². The predicted octanol–water partition coefficient (Wildman–Crippen LogP) is 9.25. The number of ether oxygens (including phenoxy) is 2. The van der Waals surface area contributed by atoms with Crippen LogP contribution < -0.4 is 16.4 Å². The number of nitrogens with one attached hydrogen (secondary N) is 2. The van der Waals surface area contributed by atoms with Crippen molar-refractivity contribution in [1.29, 1.82) is 10.5 Å². The summed E-state index contributed by atoms with van der Waals surface area (Å²) in [6.45, 7) is 6.78. The standard InChI is InChI=1S/C24H25ClN6O2.C19H18ClN5O3.C4H8N2/c1-2-16(12-26)11-22(32)17-3-5-18(6-4-17)23-21(25)14-27-24(30-23)29-19-13-28-31(15-19)20-7-9-33-10-8-20;20-16-10-21-19(24-17(16)12-1-3-13(4-2-12)18(26)27)23-14-9-22-25(11-14)15-5-7-28-8-6-15;1-2-4(6)3-5/h3-6,13-16,20H,2,7-11H2,1H3,(H,27,29,30);1-4,9-11,15H,5-8H2,(H,26,27)(H,21,23,24);4H,2,6H2,1H3/t16-;;4-/m1.0/s1. The first kappa shape index (κ1) is 49.6. The third-order valence-corrected chi connectivity index (χ3v) is 11.5. The number of carbonyl (C=O) groups excluding carboxylic acids is 1. The summed E-state index contributed by atoms with van der Waals surface area (Å²) in [6, 6.07) is 17.9. The fourth-order valence-electron chi connectivity index (χ4n) is 6.92. The van der Waals surface area contributed by atoms with E-state index >= 15 is 0 Å². The van der Waals surface area contributed by atoms with Crippen molar-refractivity contribution >= 4 is 58.2 Å². The lowest BCUT2D eigenvalue weighted by molar-refractivity contribution is 0.0661. The highest BCUT2D eigenvalue weighted by molar-refractivity contribution is 6.33. The van der Waals surface area contributed by atoms with E-state index in [1.165, 1.54) is 18.3 Å². The zero-order valence-electron chi connectivity index (χ0n) is 37.1. The van der Waals surface area contributed by atoms with Crippen molar-refractivity contribution in [1.82, 2.24) is 39.5 Å². The van der Waals surface area contributed by atoms with Crippen molar-refractivity contribution in [2.24, 2.45) is 11.7 Å². The minimum atomic E-state index is -0.982. The number of halogens is 2. The molecular formula is C47H51Cl2N13O5. The molecule has 20 heteroatoms. The Morgan fingerprint density at radius 3 is 1.55 bits per heavy atom. The Morgan fingerprint density at radius 2 is 1.18 bits per heavy atom. The second-order valence-electron chi connectivity index (χ2n) is 15.6. The fraction of sp³-hybridized carbons (Fsp3) is 0.362. The van der Waals surface area contributed by atoms with Gasteiger partial charge in [-0.1, -0.05) is 73.4 Å². The van der Waals surface area contributed by atoms with E-state index in [1.807, 2.05) is 53.8 Å². The van der Waals surface area contributed by atoms with E-state index in [1.54, 1.807) is 42.9 Å². The predicted molar refractivity (Wildman–Crippen MR) is 253 cm³/mol. The topological polar surface area (TPSA) is 258 Å². The molecule has 67 heavy (non-hydrogen) atoms. The first-order valence-corrected chi connectivity index (χ1v) is 22.6. The number of nitrogens with zero attached hydrogens (tertiary/aromatic N) is 10. The van der Waals surface area contributed by atoms with E-state index in [-0.39, 0.29) is 29.7 Å². The number of nitrogens with two attached hydrogens (primary N) is 1. The molecule has 2 saturated heterocycles. The van der Waals surface area contributed by atoms with Crippen LogP contribution in [-0.2, 0) is 9.47 Å². The first-order valence-electron chi connectivity index (χ1n) is 21.8. The monoisotopic (exact) mass is 947 g/mol. The highest BCUT2D eigenvalue weighted by Crippen LogP contribution is 2.30. The smallest absolute Gasteiger partial charge is 0.335 e. The van der Waals surface area contributed by atoms with Gasteiger partial charge in [-0.2, -0.15) is 20.7 Å². The Morgan fingerprint density at radius 1 is 0.731 bits per heavy atom. The van der Waals surface area contributed by atoms with Crippen molar-refractivity contribution in [2.45, 2.75) is 76.9 Å². The molecule has 8 rings (SSSR count). The number of Topliss-reactive ketones (excluding diaryl/α,β-unsaturated/α-hetero) is 1. The molecule has 0 unspecified atom stereocenters. The number of ketones is 1. The molecule has 5 N–H and O–H groups in total. The SMILES string of the molecule is CC[C@@H](C#N)CC(=O)c1ccc(-c2nc(Nc3cnn(C4CCOCC4)c3)ncc2Cl)cc1.CC[C@H](N)C#N.O=C(O)c1ccc(-c2nc(Nc3cnn(C4CCOCC4)c3)ncc2Cl)cc1. The Labute approximate surface area is 398 Å². The second-order valence-corrected chi connectivity index (χ2v) is 16.4. The quantitative estimate of drug-likeness (QED) is 0.0742. The van der Waals surface area contributed by atoms with Crippen molar-refractivity contribution in [3.8, 4) is 34.7 Å². The van der Waals surface area contributed by atoms with Gasteiger partial charge in [0.2, 0.25) is 11.9 Å². The molecule has 18 nitrogen and oxygen atoms in total. The lowest BCUT2D eigenvalue weighted by atomic mass is 9.96. The number of carboxylic acid groups (broad SMARTS) is 1. The molecule has 2 fully saturated rings. The zero-order valence-corrected chi connectivity index (χ0v) is 38.6. The van der Waals surface area contributed by atoms with Crippen LogP contribution in [-0.4, -0.2) is 88.8 Å². The normalized spacial score (nSPS) is 14.7. The van der Waals surface area contributed by atoms with Crippen LogP contribution >= 0.6 is 23.2 Å². The van der Waals surface area contributed by atoms with E-state index in [0.717, 1.165) is 75.5 Å². The average molecular weight is 949 g/mol. The van der Waals surface area contributed by atoms with E-state index in [4.69, 9.17) is 54.0 Å². The van der Waals surface area contributed by atoms with Gasteiger partial charge in [0, 0.05) is 61.9 Å². The number of aromatic nitrogens is 8. The maximum absolute atomic E-state index is 12.4. The molecule has 0 aliphatic carbocycles. The third-order valence-electron chi connectivity index (χ3n) is 10.9. The van der Waals surface area contributed by atoms with E-state index < -0.39 is 5.97 Å². The maximum atomic E-state index is 12.4. The molecule has 4 aromatic heterocycles. The molecule has 0 bridgehead atoms. The molecule has 6 heterocycles. The van der Waals surface area contributed by atoms with Crippen LogP contribution in [0.5, 0.6) is 0 Å². The number of carbonyl (C=O) groups is 2. The molecule has 2 aromatic carbocycles. The number of hydrogen-bond donors (Lipinski definition) is 4. The summed E-state index contributed by atoms with van der Waals surface area (Å²) < 4.78 is 14.7. The van der Waals surface area contributed by atoms with Gasteiger partial charge in [0.1, 0.15) is 0 Å². The van der Waals surface area contributed by atoms with Gasteiger partial charge in [-0.3, -0.25) is 14.2 Å². The lowest BCUT2D eigenvalue weighted by Gasteiger charge is -2.22. The van der Waals surface area contributed by atoms with E-state index in [2.05, 4.69) is 46.8 Å². The van der Waals surface area contributed by atoms with Crippen LogP contribution in [0.15, 0.2) is 85.7 Å². The average Bonchev–Trinajstić information content (AvgIpc) is 4.05. The number of aromatic carboxylic acids is 1. The number of nitriles is 2. The summed E-state index contributed by atoms with van der Waals surface area (Å²) >= 11 is 12.6. The van der Waals surface area contributed by atoms with Crippen molar-refractivity contribution in [2.75, 3.05) is 37.1 Å². The minimum Gasteiger partial charge on any atom is -0.478 e. The fourth-order valence-corrected chi connectivity index (χ4v) is 7.32.